The fourth-order valence-corrected chi connectivity index (χ4v) is 2.02. The molecule has 0 aromatic heterocycles. The first kappa shape index (κ1) is 14.9. The van der Waals surface area contributed by atoms with Crippen molar-refractivity contribution < 1.29 is 14.1 Å². The number of hydrogen-bond donors (Lipinski definition) is 1. The topological polar surface area (TPSA) is 64.4 Å². The van der Waals surface area contributed by atoms with E-state index in [4.69, 9.17) is 4.74 Å². The molecule has 0 unspecified atom stereocenters. The van der Waals surface area contributed by atoms with Gasteiger partial charge in [0.05, 0.1) is 10.5 Å². The Morgan fingerprint density at radius 1 is 1.29 bits per heavy atom. The summed E-state index contributed by atoms with van der Waals surface area (Å²) < 4.78 is 19.6. The number of halogens is 1. The molecule has 0 aliphatic heterocycles. The summed E-state index contributed by atoms with van der Waals surface area (Å²) in [4.78, 5) is 10.4. The predicted molar refractivity (Wildman–Crippen MR) is 77.1 cm³/mol. The minimum Gasteiger partial charge on any atom is -0.453 e. The van der Waals surface area contributed by atoms with Crippen molar-refractivity contribution in [2.24, 2.45) is 0 Å². The van der Waals surface area contributed by atoms with Crippen LogP contribution in [0.5, 0.6) is 11.5 Å². The van der Waals surface area contributed by atoms with E-state index in [9.17, 15) is 14.5 Å². The zero-order valence-electron chi connectivity index (χ0n) is 11.7. The van der Waals surface area contributed by atoms with Crippen LogP contribution in [0.1, 0.15) is 11.1 Å². The molecule has 0 saturated carbocycles. The Kier molecular flexibility index (Phi) is 4.49. The number of nitro benzene ring substituents is 1. The number of nitrogens with zero attached hydrogens (tertiary/aromatic N) is 1. The van der Waals surface area contributed by atoms with Crippen molar-refractivity contribution >= 4 is 5.69 Å². The summed E-state index contributed by atoms with van der Waals surface area (Å²) in [7, 11) is 1.74. The molecule has 0 aliphatic rings. The maximum Gasteiger partial charge on any atom is 0.276 e. The first-order valence-electron chi connectivity index (χ1n) is 6.38. The van der Waals surface area contributed by atoms with E-state index in [2.05, 4.69) is 5.32 Å². The van der Waals surface area contributed by atoms with Crippen molar-refractivity contribution in [3.8, 4) is 11.5 Å². The van der Waals surface area contributed by atoms with E-state index in [1.807, 2.05) is 0 Å². The van der Waals surface area contributed by atoms with Gasteiger partial charge in [-0.2, -0.15) is 0 Å². The lowest BCUT2D eigenvalue weighted by atomic mass is 10.1. The monoisotopic (exact) mass is 290 g/mol. The summed E-state index contributed by atoms with van der Waals surface area (Å²) in [6.07, 6.45) is 0. The van der Waals surface area contributed by atoms with Crippen LogP contribution in [-0.4, -0.2) is 12.0 Å². The quantitative estimate of drug-likeness (QED) is 0.675. The smallest absolute Gasteiger partial charge is 0.276 e. The summed E-state index contributed by atoms with van der Waals surface area (Å²) in [5, 5.41) is 13.9. The van der Waals surface area contributed by atoms with Gasteiger partial charge < -0.3 is 10.1 Å². The van der Waals surface area contributed by atoms with E-state index in [0.29, 0.717) is 17.7 Å². The van der Waals surface area contributed by atoms with Crippen LogP contribution in [0.3, 0.4) is 0 Å². The fraction of sp³-hybridized carbons (Fsp3) is 0.200. The summed E-state index contributed by atoms with van der Waals surface area (Å²) in [6, 6.07) is 9.10. The highest BCUT2D eigenvalue weighted by molar-refractivity contribution is 5.50. The zero-order chi connectivity index (χ0) is 15.4. The van der Waals surface area contributed by atoms with Crippen LogP contribution in [0.4, 0.5) is 10.1 Å². The molecule has 5 nitrogen and oxygen atoms in total. The minimum absolute atomic E-state index is 0.0565. The third kappa shape index (κ3) is 3.17. The lowest BCUT2D eigenvalue weighted by molar-refractivity contribution is -0.385. The number of nitrogens with one attached hydrogen (secondary N) is 1. The molecular formula is C15H15FN2O3. The second kappa shape index (κ2) is 6.32. The van der Waals surface area contributed by atoms with Gasteiger partial charge in [0, 0.05) is 18.2 Å². The average molecular weight is 290 g/mol. The minimum atomic E-state index is -0.506. The van der Waals surface area contributed by atoms with Gasteiger partial charge in [0.25, 0.3) is 5.69 Å². The Labute approximate surface area is 121 Å². The molecule has 2 aromatic rings. The summed E-state index contributed by atoms with van der Waals surface area (Å²) in [5.74, 6) is -0.157. The van der Waals surface area contributed by atoms with Crippen LogP contribution in [-0.2, 0) is 6.54 Å². The maximum atomic E-state index is 14.0. The Bertz CT molecular complexity index is 674. The second-order valence-corrected chi connectivity index (χ2v) is 4.52. The highest BCUT2D eigenvalue weighted by Crippen LogP contribution is 2.33. The highest BCUT2D eigenvalue weighted by Gasteiger charge is 2.17. The van der Waals surface area contributed by atoms with Crippen molar-refractivity contribution in [2.45, 2.75) is 13.5 Å². The zero-order valence-corrected chi connectivity index (χ0v) is 11.7. The second-order valence-electron chi connectivity index (χ2n) is 4.52. The molecule has 0 radical (unpaired) electrons. The van der Waals surface area contributed by atoms with Crippen molar-refractivity contribution in [1.82, 2.24) is 5.32 Å². The van der Waals surface area contributed by atoms with Crippen molar-refractivity contribution in [3.05, 3.63) is 63.5 Å². The Hall–Kier alpha value is -2.47. The molecule has 1 N–H and O–H groups in total. The molecule has 2 aromatic carbocycles. The molecule has 0 bridgehead atoms. The van der Waals surface area contributed by atoms with E-state index in [1.165, 1.54) is 18.2 Å². The SMILES string of the molecule is CNCc1cccc(F)c1Oc1cccc([N+](=O)[O-])c1C. The normalized spacial score (nSPS) is 10.4. The van der Waals surface area contributed by atoms with Crippen LogP contribution in [0, 0.1) is 22.9 Å². The number of para-hydroxylation sites is 1. The summed E-state index contributed by atoms with van der Waals surface area (Å²) >= 11 is 0. The molecule has 0 heterocycles. The molecule has 0 atom stereocenters. The van der Waals surface area contributed by atoms with Gasteiger partial charge in [-0.1, -0.05) is 18.2 Å². The number of hydrogen-bond acceptors (Lipinski definition) is 4. The van der Waals surface area contributed by atoms with E-state index < -0.39 is 10.7 Å². The van der Waals surface area contributed by atoms with Crippen LogP contribution >= 0.6 is 0 Å². The number of rotatable bonds is 5. The van der Waals surface area contributed by atoms with E-state index in [0.717, 1.165) is 0 Å². The molecule has 2 rings (SSSR count). The highest BCUT2D eigenvalue weighted by atomic mass is 19.1. The molecule has 0 amide bonds. The molecule has 0 aliphatic carbocycles. The van der Waals surface area contributed by atoms with E-state index in [-0.39, 0.29) is 17.2 Å². The lowest BCUT2D eigenvalue weighted by Crippen LogP contribution is -2.07. The largest absolute Gasteiger partial charge is 0.453 e. The third-order valence-corrected chi connectivity index (χ3v) is 3.08. The van der Waals surface area contributed by atoms with Gasteiger partial charge in [0.15, 0.2) is 11.6 Å². The Morgan fingerprint density at radius 3 is 2.67 bits per heavy atom. The molecular weight excluding hydrogens is 275 g/mol. The van der Waals surface area contributed by atoms with Crippen molar-refractivity contribution in [2.75, 3.05) is 7.05 Å². The van der Waals surface area contributed by atoms with Gasteiger partial charge in [-0.05, 0) is 26.1 Å². The van der Waals surface area contributed by atoms with Crippen LogP contribution in [0.15, 0.2) is 36.4 Å². The third-order valence-electron chi connectivity index (χ3n) is 3.08. The van der Waals surface area contributed by atoms with Gasteiger partial charge in [-0.3, -0.25) is 10.1 Å². The number of nitro groups is 1. The Morgan fingerprint density at radius 2 is 2.00 bits per heavy atom. The van der Waals surface area contributed by atoms with Crippen LogP contribution in [0.2, 0.25) is 0 Å². The molecule has 0 fully saturated rings. The first-order valence-corrected chi connectivity index (χ1v) is 6.38. The average Bonchev–Trinajstić information content (AvgIpc) is 2.44. The van der Waals surface area contributed by atoms with Gasteiger partial charge in [-0.15, -0.1) is 0 Å². The Balaban J connectivity index is 2.43. The first-order chi connectivity index (χ1) is 10.0. The van der Waals surface area contributed by atoms with Crippen LogP contribution < -0.4 is 10.1 Å². The molecule has 0 saturated heterocycles. The van der Waals surface area contributed by atoms with Crippen molar-refractivity contribution in [3.63, 3.8) is 0 Å². The van der Waals surface area contributed by atoms with Gasteiger partial charge >= 0.3 is 0 Å². The standard InChI is InChI=1S/C15H15FN2O3/c1-10-13(18(19)20)7-4-8-14(10)21-15-11(9-17-2)5-3-6-12(15)16/h3-8,17H,9H2,1-2H3. The molecule has 21 heavy (non-hydrogen) atoms. The van der Waals surface area contributed by atoms with Gasteiger partial charge in [0.1, 0.15) is 5.75 Å². The summed E-state index contributed by atoms with van der Waals surface area (Å²) in [6.45, 7) is 2.01. The number of ether oxygens (including phenoxy) is 1. The van der Waals surface area contributed by atoms with E-state index >= 15 is 0 Å². The van der Waals surface area contributed by atoms with Gasteiger partial charge in [0.2, 0.25) is 0 Å². The molecule has 6 heteroatoms. The van der Waals surface area contributed by atoms with Gasteiger partial charge in [-0.25, -0.2) is 4.39 Å². The van der Waals surface area contributed by atoms with E-state index in [1.54, 1.807) is 32.2 Å². The van der Waals surface area contributed by atoms with Crippen LogP contribution in [0.25, 0.3) is 0 Å². The molecule has 0 spiro atoms. The summed E-state index contributed by atoms with van der Waals surface area (Å²) in [5.41, 5.74) is 0.948. The molecule has 110 valence electrons. The lowest BCUT2D eigenvalue weighted by Gasteiger charge is -2.13. The number of benzene rings is 2. The maximum absolute atomic E-state index is 14.0. The van der Waals surface area contributed by atoms with Crippen molar-refractivity contribution in [1.29, 1.82) is 0 Å². The predicted octanol–water partition coefficient (Wildman–Crippen LogP) is 3.55. The fourth-order valence-electron chi connectivity index (χ4n) is 2.02.